The first-order valence-corrected chi connectivity index (χ1v) is 8.72. The summed E-state index contributed by atoms with van der Waals surface area (Å²) in [6.07, 6.45) is 0. The van der Waals surface area contributed by atoms with Crippen LogP contribution in [0.4, 0.5) is 14.9 Å². The lowest BCUT2D eigenvalue weighted by molar-refractivity contribution is 0.191. The zero-order valence-corrected chi connectivity index (χ0v) is 14.8. The van der Waals surface area contributed by atoms with Gasteiger partial charge in [0.05, 0.1) is 6.04 Å². The Bertz CT molecular complexity index is 730. The lowest BCUT2D eigenvalue weighted by Gasteiger charge is -2.36. The highest BCUT2D eigenvalue weighted by atomic mass is 35.5. The summed E-state index contributed by atoms with van der Waals surface area (Å²) in [6, 6.07) is 13.7. The molecular weight excluding hydrogens is 341 g/mol. The standard InChI is InChI=1S/C19H21ClFN3O/c1-14(15-5-7-17(21)8-6-15)22-19(25)24-11-9-23(10-12-24)18-4-2-3-16(20)13-18/h2-8,13-14H,9-12H2,1H3,(H,22,25). The molecule has 0 aromatic heterocycles. The van der Waals surface area contributed by atoms with E-state index in [1.165, 1.54) is 12.1 Å². The normalized spacial score (nSPS) is 15.8. The number of urea groups is 1. The number of nitrogens with zero attached hydrogens (tertiary/aromatic N) is 2. The topological polar surface area (TPSA) is 35.6 Å². The van der Waals surface area contributed by atoms with E-state index >= 15 is 0 Å². The van der Waals surface area contributed by atoms with Gasteiger partial charge in [0.1, 0.15) is 5.82 Å². The first kappa shape index (κ1) is 17.5. The zero-order chi connectivity index (χ0) is 17.8. The van der Waals surface area contributed by atoms with E-state index in [9.17, 15) is 9.18 Å². The Morgan fingerprint density at radius 3 is 2.44 bits per heavy atom. The van der Waals surface area contributed by atoms with E-state index in [4.69, 9.17) is 11.6 Å². The molecule has 1 N–H and O–H groups in total. The van der Waals surface area contributed by atoms with Crippen LogP contribution in [0.5, 0.6) is 0 Å². The number of piperazine rings is 1. The van der Waals surface area contributed by atoms with E-state index in [0.717, 1.165) is 24.3 Å². The number of halogens is 2. The number of rotatable bonds is 3. The average Bonchev–Trinajstić information content (AvgIpc) is 2.62. The molecule has 25 heavy (non-hydrogen) atoms. The number of amides is 2. The summed E-state index contributed by atoms with van der Waals surface area (Å²) in [7, 11) is 0. The molecule has 1 heterocycles. The van der Waals surface area contributed by atoms with Gasteiger partial charge in [0.2, 0.25) is 0 Å². The van der Waals surface area contributed by atoms with E-state index < -0.39 is 0 Å². The van der Waals surface area contributed by atoms with Crippen LogP contribution in [-0.4, -0.2) is 37.1 Å². The maximum absolute atomic E-state index is 13.0. The number of carbonyl (C=O) groups excluding carboxylic acids is 1. The first-order valence-electron chi connectivity index (χ1n) is 8.34. The molecule has 2 aromatic rings. The predicted molar refractivity (Wildman–Crippen MR) is 98.6 cm³/mol. The SMILES string of the molecule is CC(NC(=O)N1CCN(c2cccc(Cl)c2)CC1)c1ccc(F)cc1. The first-order chi connectivity index (χ1) is 12.0. The van der Waals surface area contributed by atoms with E-state index in [1.54, 1.807) is 17.0 Å². The predicted octanol–water partition coefficient (Wildman–Crippen LogP) is 4.07. The van der Waals surface area contributed by atoms with Crippen molar-refractivity contribution in [3.05, 3.63) is 64.9 Å². The van der Waals surface area contributed by atoms with Crippen molar-refractivity contribution >= 4 is 23.3 Å². The quantitative estimate of drug-likeness (QED) is 0.894. The molecule has 4 nitrogen and oxygen atoms in total. The molecule has 1 aliphatic heterocycles. The summed E-state index contributed by atoms with van der Waals surface area (Å²) >= 11 is 6.04. The summed E-state index contributed by atoms with van der Waals surface area (Å²) in [5, 5.41) is 3.69. The highest BCUT2D eigenvalue weighted by Gasteiger charge is 2.22. The Morgan fingerprint density at radius 1 is 1.12 bits per heavy atom. The third-order valence-electron chi connectivity index (χ3n) is 4.45. The van der Waals surface area contributed by atoms with Gasteiger partial charge in [-0.15, -0.1) is 0 Å². The molecule has 0 saturated carbocycles. The maximum Gasteiger partial charge on any atom is 0.317 e. The molecule has 0 radical (unpaired) electrons. The van der Waals surface area contributed by atoms with Crippen molar-refractivity contribution in [2.75, 3.05) is 31.1 Å². The molecule has 1 saturated heterocycles. The second-order valence-electron chi connectivity index (χ2n) is 6.18. The Labute approximate surface area is 152 Å². The molecule has 2 aromatic carbocycles. The zero-order valence-electron chi connectivity index (χ0n) is 14.1. The number of benzene rings is 2. The second kappa shape index (κ2) is 7.74. The third-order valence-corrected chi connectivity index (χ3v) is 4.69. The van der Waals surface area contributed by atoms with Crippen LogP contribution in [0.15, 0.2) is 48.5 Å². The van der Waals surface area contributed by atoms with Crippen LogP contribution < -0.4 is 10.2 Å². The van der Waals surface area contributed by atoms with Crippen LogP contribution in [0.3, 0.4) is 0 Å². The van der Waals surface area contributed by atoms with Gasteiger partial charge in [-0.1, -0.05) is 29.8 Å². The molecule has 1 atom stereocenters. The van der Waals surface area contributed by atoms with E-state index in [-0.39, 0.29) is 17.9 Å². The second-order valence-corrected chi connectivity index (χ2v) is 6.61. The van der Waals surface area contributed by atoms with Crippen LogP contribution in [-0.2, 0) is 0 Å². The van der Waals surface area contributed by atoms with Gasteiger partial charge in [-0.3, -0.25) is 0 Å². The highest BCUT2D eigenvalue weighted by molar-refractivity contribution is 6.30. The minimum absolute atomic E-state index is 0.0948. The van der Waals surface area contributed by atoms with E-state index in [2.05, 4.69) is 10.2 Å². The average molecular weight is 362 g/mol. The van der Waals surface area contributed by atoms with Crippen LogP contribution >= 0.6 is 11.6 Å². The van der Waals surface area contributed by atoms with E-state index in [1.807, 2.05) is 31.2 Å². The smallest absolute Gasteiger partial charge is 0.317 e. The van der Waals surface area contributed by atoms with Crippen LogP contribution in [0.1, 0.15) is 18.5 Å². The summed E-state index contributed by atoms with van der Waals surface area (Å²) in [5.74, 6) is -0.278. The van der Waals surface area contributed by atoms with Crippen molar-refractivity contribution in [1.29, 1.82) is 0 Å². The van der Waals surface area contributed by atoms with Gasteiger partial charge < -0.3 is 15.1 Å². The van der Waals surface area contributed by atoms with Crippen LogP contribution in [0, 0.1) is 5.82 Å². The molecular formula is C19H21ClFN3O. The maximum atomic E-state index is 13.0. The Morgan fingerprint density at radius 2 is 1.80 bits per heavy atom. The Balaban J connectivity index is 1.53. The van der Waals surface area contributed by atoms with Crippen molar-refractivity contribution < 1.29 is 9.18 Å². The molecule has 2 amide bonds. The van der Waals surface area contributed by atoms with Gasteiger partial charge >= 0.3 is 6.03 Å². The monoisotopic (exact) mass is 361 g/mol. The molecule has 6 heteroatoms. The fourth-order valence-corrected chi connectivity index (χ4v) is 3.14. The van der Waals surface area contributed by atoms with Crippen LogP contribution in [0.25, 0.3) is 0 Å². The number of hydrogen-bond acceptors (Lipinski definition) is 2. The Kier molecular flexibility index (Phi) is 5.43. The highest BCUT2D eigenvalue weighted by Crippen LogP contribution is 2.21. The minimum Gasteiger partial charge on any atom is -0.368 e. The van der Waals surface area contributed by atoms with E-state index in [0.29, 0.717) is 18.1 Å². The summed E-state index contributed by atoms with van der Waals surface area (Å²) < 4.78 is 13.0. The van der Waals surface area contributed by atoms with Gasteiger partial charge in [0.15, 0.2) is 0 Å². The summed E-state index contributed by atoms with van der Waals surface area (Å²) in [6.45, 7) is 4.72. The van der Waals surface area contributed by atoms with Gasteiger partial charge in [-0.2, -0.15) is 0 Å². The summed E-state index contributed by atoms with van der Waals surface area (Å²) in [5.41, 5.74) is 1.96. The van der Waals surface area contributed by atoms with Crippen molar-refractivity contribution in [3.8, 4) is 0 Å². The number of anilines is 1. The van der Waals surface area contributed by atoms with Crippen LogP contribution in [0.2, 0.25) is 5.02 Å². The third kappa shape index (κ3) is 4.42. The van der Waals surface area contributed by atoms with Crippen molar-refractivity contribution in [2.24, 2.45) is 0 Å². The minimum atomic E-state index is -0.278. The molecule has 1 fully saturated rings. The molecule has 132 valence electrons. The molecule has 1 aliphatic rings. The molecule has 3 rings (SSSR count). The number of carbonyl (C=O) groups is 1. The van der Waals surface area contributed by atoms with Gasteiger partial charge in [0.25, 0.3) is 0 Å². The summed E-state index contributed by atoms with van der Waals surface area (Å²) in [4.78, 5) is 16.5. The van der Waals surface area contributed by atoms with Gasteiger partial charge in [-0.05, 0) is 42.8 Å². The molecule has 0 bridgehead atoms. The Hall–Kier alpha value is -2.27. The molecule has 1 unspecified atom stereocenters. The van der Waals surface area contributed by atoms with Crippen molar-refractivity contribution in [3.63, 3.8) is 0 Å². The van der Waals surface area contributed by atoms with Crippen molar-refractivity contribution in [2.45, 2.75) is 13.0 Å². The van der Waals surface area contributed by atoms with Crippen molar-refractivity contribution in [1.82, 2.24) is 10.2 Å². The fourth-order valence-electron chi connectivity index (χ4n) is 2.95. The lowest BCUT2D eigenvalue weighted by Crippen LogP contribution is -2.52. The number of nitrogens with one attached hydrogen (secondary N) is 1. The lowest BCUT2D eigenvalue weighted by atomic mass is 10.1. The van der Waals surface area contributed by atoms with Gasteiger partial charge in [-0.25, -0.2) is 9.18 Å². The molecule has 0 aliphatic carbocycles. The fraction of sp³-hybridized carbons (Fsp3) is 0.316. The molecule has 0 spiro atoms. The van der Waals surface area contributed by atoms with Gasteiger partial charge in [0, 0.05) is 36.9 Å². The number of hydrogen-bond donors (Lipinski definition) is 1. The largest absolute Gasteiger partial charge is 0.368 e.